The molecule has 4 nitrogen and oxygen atoms in total. The minimum atomic E-state index is -0.00775. The van der Waals surface area contributed by atoms with Crippen molar-refractivity contribution in [3.05, 3.63) is 53.3 Å². The Kier molecular flexibility index (Phi) is 6.19. The summed E-state index contributed by atoms with van der Waals surface area (Å²) in [6.07, 6.45) is 2.92. The van der Waals surface area contributed by atoms with Crippen LogP contribution < -0.4 is 5.32 Å². The Balaban J connectivity index is 2.06. The Morgan fingerprint density at radius 1 is 1.21 bits per heavy atom. The van der Waals surface area contributed by atoms with E-state index in [9.17, 15) is 5.11 Å². The maximum Gasteiger partial charge on any atom is 0.0641 e. The lowest BCUT2D eigenvalue weighted by atomic mass is 9.95. The molecule has 0 spiro atoms. The zero-order valence-corrected chi connectivity index (χ0v) is 15.6. The summed E-state index contributed by atoms with van der Waals surface area (Å²) in [6, 6.07) is 10.6. The molecule has 2 atom stereocenters. The average molecular weight is 329 g/mol. The summed E-state index contributed by atoms with van der Waals surface area (Å²) in [7, 11) is 0. The van der Waals surface area contributed by atoms with Crippen molar-refractivity contribution in [2.24, 2.45) is 0 Å². The lowest BCUT2D eigenvalue weighted by molar-refractivity contribution is 0.272. The molecular weight excluding hydrogens is 298 g/mol. The van der Waals surface area contributed by atoms with Gasteiger partial charge in [0.1, 0.15) is 0 Å². The minimum absolute atomic E-state index is 0.00775. The van der Waals surface area contributed by atoms with E-state index in [1.807, 2.05) is 10.7 Å². The third-order valence-electron chi connectivity index (χ3n) is 4.51. The maximum absolute atomic E-state index is 9.38. The lowest BCUT2D eigenvalue weighted by Gasteiger charge is -2.21. The topological polar surface area (TPSA) is 50.1 Å². The number of aromatic nitrogens is 2. The molecule has 0 fully saturated rings. The zero-order chi connectivity index (χ0) is 17.7. The average Bonchev–Trinajstić information content (AvgIpc) is 2.94. The molecule has 0 aliphatic rings. The van der Waals surface area contributed by atoms with Gasteiger partial charge in [-0.25, -0.2) is 0 Å². The molecule has 4 heteroatoms. The number of rotatable bonds is 7. The summed E-state index contributed by atoms with van der Waals surface area (Å²) in [5.41, 5.74) is 3.57. The monoisotopic (exact) mass is 329 g/mol. The number of aryl methyl sites for hydroxylation is 1. The highest BCUT2D eigenvalue weighted by Gasteiger charge is 2.20. The van der Waals surface area contributed by atoms with E-state index in [4.69, 9.17) is 0 Å². The van der Waals surface area contributed by atoms with Gasteiger partial charge in [0.15, 0.2) is 0 Å². The molecular formula is C20H31N3O. The van der Waals surface area contributed by atoms with Crippen LogP contribution >= 0.6 is 0 Å². The van der Waals surface area contributed by atoms with Crippen molar-refractivity contribution in [2.45, 2.75) is 58.5 Å². The molecule has 2 aromatic rings. The van der Waals surface area contributed by atoms with Crippen molar-refractivity contribution >= 4 is 0 Å². The first-order chi connectivity index (χ1) is 11.3. The van der Waals surface area contributed by atoms with Crippen LogP contribution in [0.5, 0.6) is 0 Å². The first-order valence-corrected chi connectivity index (χ1v) is 8.78. The van der Waals surface area contributed by atoms with Gasteiger partial charge in [-0.05, 0) is 52.5 Å². The number of nitrogens with zero attached hydrogens (tertiary/aromatic N) is 2. The zero-order valence-electron chi connectivity index (χ0n) is 15.6. The van der Waals surface area contributed by atoms with E-state index in [1.54, 1.807) is 0 Å². The molecule has 1 heterocycles. The van der Waals surface area contributed by atoms with Gasteiger partial charge >= 0.3 is 0 Å². The molecule has 0 saturated heterocycles. The summed E-state index contributed by atoms with van der Waals surface area (Å²) in [4.78, 5) is 0. The molecule has 1 aromatic carbocycles. The Morgan fingerprint density at radius 2 is 1.88 bits per heavy atom. The van der Waals surface area contributed by atoms with Crippen molar-refractivity contribution in [3.63, 3.8) is 0 Å². The van der Waals surface area contributed by atoms with Gasteiger partial charge in [-0.3, -0.25) is 4.68 Å². The molecule has 0 bridgehead atoms. The quantitative estimate of drug-likeness (QED) is 0.813. The summed E-state index contributed by atoms with van der Waals surface area (Å²) in [6.45, 7) is 11.8. The molecule has 0 aliphatic heterocycles. The van der Waals surface area contributed by atoms with Gasteiger partial charge < -0.3 is 10.4 Å². The van der Waals surface area contributed by atoms with Gasteiger partial charge in [-0.15, -0.1) is 0 Å². The van der Waals surface area contributed by atoms with E-state index in [0.717, 1.165) is 18.7 Å². The molecule has 1 aromatic heterocycles. The van der Waals surface area contributed by atoms with E-state index in [1.165, 1.54) is 11.1 Å². The first-order valence-electron chi connectivity index (χ1n) is 8.78. The third-order valence-corrected chi connectivity index (χ3v) is 4.51. The van der Waals surface area contributed by atoms with Crippen LogP contribution in [0, 0.1) is 6.92 Å². The highest BCUT2D eigenvalue weighted by atomic mass is 16.3. The van der Waals surface area contributed by atoms with Crippen LogP contribution in [0.3, 0.4) is 0 Å². The number of nitrogens with one attached hydrogen (secondary N) is 1. The number of aliphatic hydroxyl groups is 1. The molecule has 0 saturated carbocycles. The Labute approximate surface area is 145 Å². The normalized spacial score (nSPS) is 14.6. The molecule has 0 aliphatic carbocycles. The highest BCUT2D eigenvalue weighted by Crippen LogP contribution is 2.23. The molecule has 2 N–H and O–H groups in total. The van der Waals surface area contributed by atoms with Crippen molar-refractivity contribution < 1.29 is 5.11 Å². The summed E-state index contributed by atoms with van der Waals surface area (Å²) >= 11 is 0. The predicted octanol–water partition coefficient (Wildman–Crippen LogP) is 3.76. The SMILES string of the molecule is Cc1nn(C(C)(C)C)cc1C(C)NCC(CCO)c1ccccc1. The second kappa shape index (κ2) is 7.95. The van der Waals surface area contributed by atoms with Crippen LogP contribution in [-0.4, -0.2) is 28.0 Å². The maximum atomic E-state index is 9.38. The lowest BCUT2D eigenvalue weighted by Crippen LogP contribution is -2.26. The van der Waals surface area contributed by atoms with Crippen LogP contribution in [0.25, 0.3) is 0 Å². The Bertz CT molecular complexity index is 628. The largest absolute Gasteiger partial charge is 0.396 e. The van der Waals surface area contributed by atoms with Crippen molar-refractivity contribution in [2.75, 3.05) is 13.2 Å². The fourth-order valence-corrected chi connectivity index (χ4v) is 2.94. The van der Waals surface area contributed by atoms with Gasteiger partial charge in [0.2, 0.25) is 0 Å². The number of aliphatic hydroxyl groups excluding tert-OH is 1. The molecule has 2 rings (SSSR count). The Morgan fingerprint density at radius 3 is 2.42 bits per heavy atom. The van der Waals surface area contributed by atoms with Gasteiger partial charge in [0, 0.05) is 31.0 Å². The fourth-order valence-electron chi connectivity index (χ4n) is 2.94. The van der Waals surface area contributed by atoms with E-state index in [0.29, 0.717) is 5.92 Å². The van der Waals surface area contributed by atoms with Crippen molar-refractivity contribution in [3.8, 4) is 0 Å². The van der Waals surface area contributed by atoms with Crippen LogP contribution in [0.15, 0.2) is 36.5 Å². The van der Waals surface area contributed by atoms with Crippen LogP contribution in [0.4, 0.5) is 0 Å². The van der Waals surface area contributed by atoms with Crippen LogP contribution in [0.2, 0.25) is 0 Å². The summed E-state index contributed by atoms with van der Waals surface area (Å²) < 4.78 is 2.04. The summed E-state index contributed by atoms with van der Waals surface area (Å²) in [5.74, 6) is 0.316. The molecule has 0 radical (unpaired) electrons. The van der Waals surface area contributed by atoms with Crippen molar-refractivity contribution in [1.29, 1.82) is 0 Å². The number of hydrogen-bond acceptors (Lipinski definition) is 3. The standard InChI is InChI=1S/C20H31N3O/c1-15(19-14-23(20(3,4)5)22-16(19)2)21-13-18(11-12-24)17-9-7-6-8-10-17/h6-10,14-15,18,21,24H,11-13H2,1-5H3. The van der Waals surface area contributed by atoms with Gasteiger partial charge in [-0.1, -0.05) is 30.3 Å². The highest BCUT2D eigenvalue weighted by molar-refractivity contribution is 5.22. The van der Waals surface area contributed by atoms with Gasteiger partial charge in [0.25, 0.3) is 0 Å². The van der Waals surface area contributed by atoms with Gasteiger partial charge in [-0.2, -0.15) is 5.10 Å². The van der Waals surface area contributed by atoms with E-state index >= 15 is 0 Å². The van der Waals surface area contributed by atoms with E-state index in [-0.39, 0.29) is 18.2 Å². The number of benzene rings is 1. The smallest absolute Gasteiger partial charge is 0.0641 e. The minimum Gasteiger partial charge on any atom is -0.396 e. The molecule has 132 valence electrons. The molecule has 24 heavy (non-hydrogen) atoms. The second-order valence-electron chi connectivity index (χ2n) is 7.54. The summed E-state index contributed by atoms with van der Waals surface area (Å²) in [5, 5.41) is 17.7. The van der Waals surface area contributed by atoms with Crippen LogP contribution in [-0.2, 0) is 5.54 Å². The van der Waals surface area contributed by atoms with E-state index in [2.05, 4.69) is 75.5 Å². The van der Waals surface area contributed by atoms with Gasteiger partial charge in [0.05, 0.1) is 11.2 Å². The first kappa shape index (κ1) is 18.7. The van der Waals surface area contributed by atoms with Crippen LogP contribution in [0.1, 0.15) is 62.9 Å². The van der Waals surface area contributed by atoms with Crippen molar-refractivity contribution in [1.82, 2.24) is 15.1 Å². The number of hydrogen-bond donors (Lipinski definition) is 2. The second-order valence-corrected chi connectivity index (χ2v) is 7.54. The predicted molar refractivity (Wildman–Crippen MR) is 99.3 cm³/mol. The molecule has 0 amide bonds. The fraction of sp³-hybridized carbons (Fsp3) is 0.550. The van der Waals surface area contributed by atoms with E-state index < -0.39 is 0 Å². The molecule has 2 unspecified atom stereocenters. The Hall–Kier alpha value is -1.65. The third kappa shape index (κ3) is 4.68.